The topological polar surface area (TPSA) is 39.2 Å². The zero-order valence-corrected chi connectivity index (χ0v) is 12.4. The minimum absolute atomic E-state index is 0.243. The average molecular weight is 387 g/mol. The molecule has 0 saturated carbocycles. The SMILES string of the molecule is CCOC(=O)CCCc1ncc(C(F)(F)F)cc1I. The van der Waals surface area contributed by atoms with Crippen molar-refractivity contribution in [3.8, 4) is 0 Å². The predicted octanol–water partition coefficient (Wildman–Crippen LogP) is 3.59. The summed E-state index contributed by atoms with van der Waals surface area (Å²) in [6, 6.07) is 1.06. The van der Waals surface area contributed by atoms with Gasteiger partial charge in [-0.25, -0.2) is 0 Å². The summed E-state index contributed by atoms with van der Waals surface area (Å²) in [5.74, 6) is -0.301. The van der Waals surface area contributed by atoms with Crippen molar-refractivity contribution < 1.29 is 22.7 Å². The van der Waals surface area contributed by atoms with Crippen molar-refractivity contribution >= 4 is 28.6 Å². The van der Waals surface area contributed by atoms with Crippen molar-refractivity contribution in [1.29, 1.82) is 0 Å². The molecule has 0 radical (unpaired) electrons. The van der Waals surface area contributed by atoms with Gasteiger partial charge in [0, 0.05) is 16.2 Å². The molecule has 0 unspecified atom stereocenters. The lowest BCUT2D eigenvalue weighted by Gasteiger charge is -2.09. The van der Waals surface area contributed by atoms with E-state index in [0.717, 1.165) is 12.3 Å². The van der Waals surface area contributed by atoms with Crippen molar-refractivity contribution in [2.45, 2.75) is 32.4 Å². The van der Waals surface area contributed by atoms with E-state index in [1.54, 1.807) is 6.92 Å². The van der Waals surface area contributed by atoms with E-state index in [-0.39, 0.29) is 12.4 Å². The molecular formula is C12H13F3INO2. The molecule has 0 amide bonds. The molecule has 0 spiro atoms. The third kappa shape index (κ3) is 5.33. The zero-order chi connectivity index (χ0) is 14.5. The highest BCUT2D eigenvalue weighted by Gasteiger charge is 2.31. The van der Waals surface area contributed by atoms with Crippen LogP contribution in [-0.2, 0) is 22.1 Å². The quantitative estimate of drug-likeness (QED) is 0.573. The first-order valence-electron chi connectivity index (χ1n) is 5.71. The first-order chi connectivity index (χ1) is 8.84. The summed E-state index contributed by atoms with van der Waals surface area (Å²) < 4.78 is 42.5. The Kier molecular flexibility index (Phi) is 6.02. The van der Waals surface area contributed by atoms with Crippen LogP contribution in [0.3, 0.4) is 0 Å². The van der Waals surface area contributed by atoms with Gasteiger partial charge in [-0.15, -0.1) is 0 Å². The molecule has 0 aliphatic carbocycles. The maximum atomic E-state index is 12.4. The number of esters is 1. The Labute approximate surface area is 122 Å². The predicted molar refractivity (Wildman–Crippen MR) is 71.5 cm³/mol. The Bertz CT molecular complexity index is 449. The average Bonchev–Trinajstić information content (AvgIpc) is 2.30. The van der Waals surface area contributed by atoms with Gasteiger partial charge in [-0.1, -0.05) is 0 Å². The van der Waals surface area contributed by atoms with E-state index in [1.165, 1.54) is 0 Å². The molecule has 0 aromatic carbocycles. The molecule has 0 N–H and O–H groups in total. The van der Waals surface area contributed by atoms with Crippen LogP contribution in [0.1, 0.15) is 31.0 Å². The van der Waals surface area contributed by atoms with Crippen LogP contribution in [-0.4, -0.2) is 17.6 Å². The highest BCUT2D eigenvalue weighted by atomic mass is 127. The first kappa shape index (κ1) is 16.2. The van der Waals surface area contributed by atoms with Gasteiger partial charge in [0.1, 0.15) is 0 Å². The number of nitrogens with zero attached hydrogens (tertiary/aromatic N) is 1. The van der Waals surface area contributed by atoms with Gasteiger partial charge in [-0.2, -0.15) is 13.2 Å². The summed E-state index contributed by atoms with van der Waals surface area (Å²) in [6.45, 7) is 2.05. The van der Waals surface area contributed by atoms with Crippen LogP contribution in [0.5, 0.6) is 0 Å². The summed E-state index contributed by atoms with van der Waals surface area (Å²) in [6.07, 6.45) is -2.35. The number of ether oxygens (including phenoxy) is 1. The second-order valence-corrected chi connectivity index (χ2v) is 4.97. The maximum Gasteiger partial charge on any atom is 0.417 e. The van der Waals surface area contributed by atoms with Crippen molar-refractivity contribution in [3.63, 3.8) is 0 Å². The largest absolute Gasteiger partial charge is 0.466 e. The third-order valence-corrected chi connectivity index (χ3v) is 3.28. The zero-order valence-electron chi connectivity index (χ0n) is 10.3. The smallest absolute Gasteiger partial charge is 0.417 e. The van der Waals surface area contributed by atoms with Crippen LogP contribution in [0.15, 0.2) is 12.3 Å². The third-order valence-electron chi connectivity index (χ3n) is 2.34. The minimum Gasteiger partial charge on any atom is -0.466 e. The van der Waals surface area contributed by atoms with E-state index in [4.69, 9.17) is 4.74 Å². The van der Waals surface area contributed by atoms with Gasteiger partial charge in [-0.3, -0.25) is 9.78 Å². The molecular weight excluding hydrogens is 374 g/mol. The first-order valence-corrected chi connectivity index (χ1v) is 6.79. The van der Waals surface area contributed by atoms with Gasteiger partial charge in [0.05, 0.1) is 17.9 Å². The molecule has 7 heteroatoms. The number of halogens is 4. The van der Waals surface area contributed by atoms with E-state index in [9.17, 15) is 18.0 Å². The number of aryl methyl sites for hydroxylation is 1. The van der Waals surface area contributed by atoms with Crippen molar-refractivity contribution in [3.05, 3.63) is 27.1 Å². The second kappa shape index (κ2) is 7.06. The number of rotatable bonds is 5. The van der Waals surface area contributed by atoms with Crippen LogP contribution in [0, 0.1) is 3.57 Å². The lowest BCUT2D eigenvalue weighted by molar-refractivity contribution is -0.143. The molecule has 1 aromatic heterocycles. The molecule has 1 aromatic rings. The lowest BCUT2D eigenvalue weighted by atomic mass is 10.1. The normalized spacial score (nSPS) is 11.4. The van der Waals surface area contributed by atoms with Crippen molar-refractivity contribution in [1.82, 2.24) is 4.98 Å². The number of aromatic nitrogens is 1. The van der Waals surface area contributed by atoms with Gasteiger partial charge < -0.3 is 4.74 Å². The van der Waals surface area contributed by atoms with Gasteiger partial charge in [0.15, 0.2) is 0 Å². The number of alkyl halides is 3. The summed E-state index contributed by atoms with van der Waals surface area (Å²) in [5, 5.41) is 0. The van der Waals surface area contributed by atoms with E-state index in [0.29, 0.717) is 28.7 Å². The van der Waals surface area contributed by atoms with Gasteiger partial charge in [0.2, 0.25) is 0 Å². The van der Waals surface area contributed by atoms with Crippen LogP contribution >= 0.6 is 22.6 Å². The Morgan fingerprint density at radius 3 is 2.68 bits per heavy atom. The molecule has 0 aliphatic heterocycles. The molecule has 0 bridgehead atoms. The summed E-state index contributed by atoms with van der Waals surface area (Å²) in [7, 11) is 0. The van der Waals surface area contributed by atoms with Gasteiger partial charge in [-0.05, 0) is 48.4 Å². The molecule has 0 aliphatic rings. The monoisotopic (exact) mass is 387 g/mol. The fraction of sp³-hybridized carbons (Fsp3) is 0.500. The van der Waals surface area contributed by atoms with E-state index in [2.05, 4.69) is 4.98 Å². The number of carbonyl (C=O) groups is 1. The van der Waals surface area contributed by atoms with Crippen LogP contribution < -0.4 is 0 Å². The Hall–Kier alpha value is -0.860. The van der Waals surface area contributed by atoms with Crippen molar-refractivity contribution in [2.75, 3.05) is 6.61 Å². The number of hydrogen-bond acceptors (Lipinski definition) is 3. The van der Waals surface area contributed by atoms with Crippen LogP contribution in [0.25, 0.3) is 0 Å². The van der Waals surface area contributed by atoms with Gasteiger partial charge in [0.25, 0.3) is 0 Å². The molecule has 0 saturated heterocycles. The number of carbonyl (C=O) groups excluding carboxylic acids is 1. The van der Waals surface area contributed by atoms with Crippen molar-refractivity contribution in [2.24, 2.45) is 0 Å². The Balaban J connectivity index is 2.58. The second-order valence-electron chi connectivity index (χ2n) is 3.81. The minimum atomic E-state index is -4.38. The molecule has 3 nitrogen and oxygen atoms in total. The highest BCUT2D eigenvalue weighted by Crippen LogP contribution is 2.30. The molecule has 1 heterocycles. The number of hydrogen-bond donors (Lipinski definition) is 0. The molecule has 1 rings (SSSR count). The fourth-order valence-corrected chi connectivity index (χ4v) is 2.18. The van der Waals surface area contributed by atoms with Crippen LogP contribution in [0.2, 0.25) is 0 Å². The highest BCUT2D eigenvalue weighted by molar-refractivity contribution is 14.1. The molecule has 106 valence electrons. The maximum absolute atomic E-state index is 12.4. The van der Waals surface area contributed by atoms with E-state index >= 15 is 0 Å². The molecule has 0 atom stereocenters. The Morgan fingerprint density at radius 1 is 1.47 bits per heavy atom. The summed E-state index contributed by atoms with van der Waals surface area (Å²) in [4.78, 5) is 14.9. The fourth-order valence-electron chi connectivity index (χ4n) is 1.44. The van der Waals surface area contributed by atoms with E-state index in [1.807, 2.05) is 22.6 Å². The Morgan fingerprint density at radius 2 is 2.16 bits per heavy atom. The number of pyridine rings is 1. The lowest BCUT2D eigenvalue weighted by Crippen LogP contribution is -2.08. The van der Waals surface area contributed by atoms with E-state index < -0.39 is 11.7 Å². The summed E-state index contributed by atoms with van der Waals surface area (Å²) in [5.41, 5.74) is -0.191. The molecule has 19 heavy (non-hydrogen) atoms. The molecule has 0 fully saturated rings. The van der Waals surface area contributed by atoms with Gasteiger partial charge >= 0.3 is 12.1 Å². The summed E-state index contributed by atoms with van der Waals surface area (Å²) >= 11 is 1.82. The standard InChI is InChI=1S/C12H13F3INO2/c1-2-19-11(18)5-3-4-10-9(16)6-8(7-17-10)12(13,14)15/h6-7H,2-5H2,1H3. The van der Waals surface area contributed by atoms with Crippen LogP contribution in [0.4, 0.5) is 13.2 Å².